The Morgan fingerprint density at radius 2 is 2.19 bits per heavy atom. The second-order valence-corrected chi connectivity index (χ2v) is 5.13. The molecule has 1 unspecified atom stereocenters. The van der Waals surface area contributed by atoms with Crippen LogP contribution in [0.4, 0.5) is 0 Å². The maximum absolute atomic E-state index is 11.5. The molecule has 0 saturated carbocycles. The summed E-state index contributed by atoms with van der Waals surface area (Å²) in [7, 11) is 0. The van der Waals surface area contributed by atoms with Crippen LogP contribution < -0.4 is 0 Å². The van der Waals surface area contributed by atoms with Crippen LogP contribution >= 0.6 is 0 Å². The first-order chi connectivity index (χ1) is 10.1. The van der Waals surface area contributed by atoms with Gasteiger partial charge < -0.3 is 14.4 Å². The molecule has 2 aromatic rings. The summed E-state index contributed by atoms with van der Waals surface area (Å²) in [5.74, 6) is 0.00168. The van der Waals surface area contributed by atoms with E-state index in [0.717, 1.165) is 24.2 Å². The molecule has 0 amide bonds. The van der Waals surface area contributed by atoms with Crippen LogP contribution in [0, 0.1) is 0 Å². The Balaban J connectivity index is 2.61. The first kappa shape index (κ1) is 15.5. The molecular weight excluding hydrogens is 268 g/mol. The number of fused-ring (bicyclic) bond motifs is 1. The third-order valence-electron chi connectivity index (χ3n) is 3.49. The van der Waals surface area contributed by atoms with Gasteiger partial charge in [0.25, 0.3) is 0 Å². The van der Waals surface area contributed by atoms with Gasteiger partial charge in [0.15, 0.2) is 0 Å². The van der Waals surface area contributed by atoms with Gasteiger partial charge in [0.1, 0.15) is 5.82 Å². The van der Waals surface area contributed by atoms with Gasteiger partial charge in [-0.2, -0.15) is 0 Å². The Labute approximate surface area is 124 Å². The Morgan fingerprint density at radius 3 is 2.81 bits per heavy atom. The molecule has 2 rings (SSSR count). The van der Waals surface area contributed by atoms with Crippen LogP contribution in [-0.4, -0.2) is 33.8 Å². The standard InChI is InChI=1S/C16H22N2O3/c1-4-7-14-17-13-9-6-8-12(16(19)20)15(13)18(14)11(3)10-21-5-2/h6,8-9,11H,4-5,7,10H2,1-3H3,(H,19,20). The summed E-state index contributed by atoms with van der Waals surface area (Å²) in [5, 5.41) is 9.43. The highest BCUT2D eigenvalue weighted by atomic mass is 16.5. The summed E-state index contributed by atoms with van der Waals surface area (Å²) in [6.45, 7) is 7.27. The first-order valence-electron chi connectivity index (χ1n) is 7.41. The van der Waals surface area contributed by atoms with Crippen LogP contribution in [0.1, 0.15) is 49.4 Å². The van der Waals surface area contributed by atoms with Crippen LogP contribution in [0.2, 0.25) is 0 Å². The minimum Gasteiger partial charge on any atom is -0.478 e. The minimum absolute atomic E-state index is 0.0528. The van der Waals surface area contributed by atoms with Gasteiger partial charge in [0.2, 0.25) is 0 Å². The van der Waals surface area contributed by atoms with Gasteiger partial charge in [-0.3, -0.25) is 0 Å². The third kappa shape index (κ3) is 3.08. The molecule has 1 heterocycles. The first-order valence-corrected chi connectivity index (χ1v) is 7.41. The van der Waals surface area contributed by atoms with Gasteiger partial charge in [0.05, 0.1) is 29.2 Å². The number of benzene rings is 1. The second-order valence-electron chi connectivity index (χ2n) is 5.13. The van der Waals surface area contributed by atoms with Crippen molar-refractivity contribution in [3.63, 3.8) is 0 Å². The van der Waals surface area contributed by atoms with Gasteiger partial charge >= 0.3 is 5.97 Å². The zero-order valence-electron chi connectivity index (χ0n) is 12.8. The Hall–Kier alpha value is -1.88. The third-order valence-corrected chi connectivity index (χ3v) is 3.49. The average Bonchev–Trinajstić information content (AvgIpc) is 2.82. The molecule has 0 aliphatic heterocycles. The molecule has 0 saturated heterocycles. The number of hydrogen-bond donors (Lipinski definition) is 1. The largest absolute Gasteiger partial charge is 0.478 e. The van der Waals surface area contributed by atoms with E-state index >= 15 is 0 Å². The van der Waals surface area contributed by atoms with E-state index in [1.807, 2.05) is 24.5 Å². The summed E-state index contributed by atoms with van der Waals surface area (Å²) in [4.78, 5) is 16.1. The van der Waals surface area contributed by atoms with Crippen molar-refractivity contribution >= 4 is 17.0 Å². The molecule has 114 valence electrons. The normalized spacial score (nSPS) is 12.7. The molecule has 0 radical (unpaired) electrons. The Kier molecular flexibility index (Phi) is 4.96. The lowest BCUT2D eigenvalue weighted by atomic mass is 10.1. The van der Waals surface area contributed by atoms with Crippen molar-refractivity contribution in [2.45, 2.75) is 39.7 Å². The lowest BCUT2D eigenvalue weighted by molar-refractivity contribution is 0.0698. The number of aryl methyl sites for hydroxylation is 1. The fraction of sp³-hybridized carbons (Fsp3) is 0.500. The Bertz CT molecular complexity index is 634. The predicted molar refractivity (Wildman–Crippen MR) is 81.9 cm³/mol. The fourth-order valence-corrected chi connectivity index (χ4v) is 2.61. The van der Waals surface area contributed by atoms with Gasteiger partial charge in [-0.25, -0.2) is 9.78 Å². The van der Waals surface area contributed by atoms with E-state index in [1.54, 1.807) is 12.1 Å². The van der Waals surface area contributed by atoms with Crippen molar-refractivity contribution in [1.29, 1.82) is 0 Å². The van der Waals surface area contributed by atoms with Crippen molar-refractivity contribution in [2.24, 2.45) is 0 Å². The number of imidazole rings is 1. The quantitative estimate of drug-likeness (QED) is 0.850. The molecule has 0 aliphatic rings. The number of carboxylic acid groups (broad SMARTS) is 1. The van der Waals surface area contributed by atoms with Crippen molar-refractivity contribution in [3.05, 3.63) is 29.6 Å². The van der Waals surface area contributed by atoms with E-state index in [4.69, 9.17) is 4.74 Å². The molecule has 0 aliphatic carbocycles. The van der Waals surface area contributed by atoms with E-state index in [0.29, 0.717) is 24.3 Å². The average molecular weight is 290 g/mol. The number of rotatable bonds is 7. The van der Waals surface area contributed by atoms with Crippen LogP contribution in [-0.2, 0) is 11.2 Å². The van der Waals surface area contributed by atoms with Crippen LogP contribution in [0.3, 0.4) is 0 Å². The topological polar surface area (TPSA) is 64.3 Å². The second kappa shape index (κ2) is 6.72. The highest BCUT2D eigenvalue weighted by molar-refractivity contribution is 6.01. The maximum Gasteiger partial charge on any atom is 0.337 e. The summed E-state index contributed by atoms with van der Waals surface area (Å²) >= 11 is 0. The molecule has 0 bridgehead atoms. The van der Waals surface area contributed by atoms with Crippen LogP contribution in [0.5, 0.6) is 0 Å². The highest BCUT2D eigenvalue weighted by Crippen LogP contribution is 2.25. The Morgan fingerprint density at radius 1 is 1.43 bits per heavy atom. The zero-order chi connectivity index (χ0) is 15.4. The highest BCUT2D eigenvalue weighted by Gasteiger charge is 2.20. The molecule has 0 fully saturated rings. The number of nitrogens with zero attached hydrogens (tertiary/aromatic N) is 2. The van der Waals surface area contributed by atoms with Gasteiger partial charge in [0, 0.05) is 13.0 Å². The van der Waals surface area contributed by atoms with Crippen molar-refractivity contribution in [3.8, 4) is 0 Å². The molecule has 5 nitrogen and oxygen atoms in total. The maximum atomic E-state index is 11.5. The van der Waals surface area contributed by atoms with Crippen molar-refractivity contribution in [1.82, 2.24) is 9.55 Å². The molecule has 1 N–H and O–H groups in total. The number of carboxylic acids is 1. The van der Waals surface area contributed by atoms with Crippen LogP contribution in [0.15, 0.2) is 18.2 Å². The van der Waals surface area contributed by atoms with E-state index in [2.05, 4.69) is 11.9 Å². The molecule has 1 aromatic carbocycles. The number of aromatic nitrogens is 2. The number of ether oxygens (including phenoxy) is 1. The SMILES string of the molecule is CCCc1nc2cccc(C(=O)O)c2n1C(C)COCC. The summed E-state index contributed by atoms with van der Waals surface area (Å²) in [6.07, 6.45) is 1.79. The lowest BCUT2D eigenvalue weighted by Gasteiger charge is -2.18. The van der Waals surface area contributed by atoms with Gasteiger partial charge in [-0.15, -0.1) is 0 Å². The molecule has 1 atom stereocenters. The van der Waals surface area contributed by atoms with Gasteiger partial charge in [-0.05, 0) is 32.4 Å². The smallest absolute Gasteiger partial charge is 0.337 e. The molecular formula is C16H22N2O3. The van der Waals surface area contributed by atoms with E-state index in [-0.39, 0.29) is 6.04 Å². The van der Waals surface area contributed by atoms with Crippen LogP contribution in [0.25, 0.3) is 11.0 Å². The predicted octanol–water partition coefficient (Wildman–Crippen LogP) is 3.28. The van der Waals surface area contributed by atoms with Gasteiger partial charge in [-0.1, -0.05) is 13.0 Å². The fourth-order valence-electron chi connectivity index (χ4n) is 2.61. The van der Waals surface area contributed by atoms with E-state index < -0.39 is 5.97 Å². The van der Waals surface area contributed by atoms with E-state index in [1.165, 1.54) is 0 Å². The molecule has 21 heavy (non-hydrogen) atoms. The number of para-hydroxylation sites is 1. The number of carbonyl (C=O) groups is 1. The molecule has 5 heteroatoms. The molecule has 1 aromatic heterocycles. The summed E-state index contributed by atoms with van der Waals surface area (Å²) in [5.41, 5.74) is 1.73. The summed E-state index contributed by atoms with van der Waals surface area (Å²) < 4.78 is 7.53. The summed E-state index contributed by atoms with van der Waals surface area (Å²) in [6, 6.07) is 5.29. The van der Waals surface area contributed by atoms with Crippen molar-refractivity contribution in [2.75, 3.05) is 13.2 Å². The number of aromatic carboxylic acids is 1. The minimum atomic E-state index is -0.923. The number of hydrogen-bond acceptors (Lipinski definition) is 3. The van der Waals surface area contributed by atoms with Crippen molar-refractivity contribution < 1.29 is 14.6 Å². The zero-order valence-corrected chi connectivity index (χ0v) is 12.8. The van der Waals surface area contributed by atoms with E-state index in [9.17, 15) is 9.90 Å². The molecule has 0 spiro atoms. The lowest BCUT2D eigenvalue weighted by Crippen LogP contribution is -2.16. The monoisotopic (exact) mass is 290 g/mol.